The quantitative estimate of drug-likeness (QED) is 0.678. The van der Waals surface area contributed by atoms with Gasteiger partial charge < -0.3 is 15.6 Å². The van der Waals surface area contributed by atoms with E-state index in [1.54, 1.807) is 0 Å². The van der Waals surface area contributed by atoms with Gasteiger partial charge in [0.1, 0.15) is 0 Å². The molecule has 0 spiro atoms. The van der Waals surface area contributed by atoms with Crippen molar-refractivity contribution in [1.29, 1.82) is 0 Å². The van der Waals surface area contributed by atoms with Crippen LogP contribution in [0.15, 0.2) is 18.3 Å². The molecule has 4 heteroatoms. The molecule has 0 aliphatic carbocycles. The monoisotopic (exact) mass is 207 g/mol. The first-order valence-corrected chi connectivity index (χ1v) is 5.44. The van der Waals surface area contributed by atoms with Crippen molar-refractivity contribution in [3.05, 3.63) is 24.0 Å². The van der Waals surface area contributed by atoms with Gasteiger partial charge in [-0.3, -0.25) is 4.79 Å². The van der Waals surface area contributed by atoms with E-state index in [4.69, 9.17) is 0 Å². The lowest BCUT2D eigenvalue weighted by Gasteiger charge is -2.08. The molecule has 1 atom stereocenters. The standard InChI is InChI=1S/C11H17N3O/c15-11(6-9-3-5-12-7-9)14-8-10-2-1-4-13-10/h1-2,4,9,12-13H,3,5-8H2,(H,14,15). The zero-order valence-electron chi connectivity index (χ0n) is 8.75. The average Bonchev–Trinajstić information content (AvgIpc) is 2.86. The second-order valence-electron chi connectivity index (χ2n) is 4.04. The smallest absolute Gasteiger partial charge is 0.220 e. The second-order valence-corrected chi connectivity index (χ2v) is 4.04. The summed E-state index contributed by atoms with van der Waals surface area (Å²) in [4.78, 5) is 14.6. The molecule has 1 aromatic heterocycles. The Kier molecular flexibility index (Phi) is 3.40. The third-order valence-corrected chi connectivity index (χ3v) is 2.77. The molecule has 1 aliphatic rings. The summed E-state index contributed by atoms with van der Waals surface area (Å²) < 4.78 is 0. The lowest BCUT2D eigenvalue weighted by atomic mass is 10.0. The molecule has 0 saturated carbocycles. The topological polar surface area (TPSA) is 56.9 Å². The number of hydrogen-bond donors (Lipinski definition) is 3. The van der Waals surface area contributed by atoms with Crippen LogP contribution in [0.5, 0.6) is 0 Å². The molecule has 2 rings (SSSR count). The SMILES string of the molecule is O=C(CC1CCNC1)NCc1ccc[nH]1. The molecular formula is C11H17N3O. The molecule has 1 amide bonds. The summed E-state index contributed by atoms with van der Waals surface area (Å²) in [5.74, 6) is 0.673. The van der Waals surface area contributed by atoms with Crippen molar-refractivity contribution in [3.63, 3.8) is 0 Å². The minimum atomic E-state index is 0.151. The largest absolute Gasteiger partial charge is 0.364 e. The van der Waals surface area contributed by atoms with Crippen LogP contribution >= 0.6 is 0 Å². The highest BCUT2D eigenvalue weighted by Crippen LogP contribution is 2.11. The van der Waals surface area contributed by atoms with Gasteiger partial charge in [0.2, 0.25) is 5.91 Å². The summed E-state index contributed by atoms with van der Waals surface area (Å²) in [6.45, 7) is 2.64. The van der Waals surface area contributed by atoms with Crippen molar-refractivity contribution in [1.82, 2.24) is 15.6 Å². The zero-order valence-corrected chi connectivity index (χ0v) is 8.75. The van der Waals surface area contributed by atoms with E-state index in [1.807, 2.05) is 18.3 Å². The third-order valence-electron chi connectivity index (χ3n) is 2.77. The highest BCUT2D eigenvalue weighted by molar-refractivity contribution is 5.76. The molecule has 82 valence electrons. The molecule has 1 fully saturated rings. The van der Waals surface area contributed by atoms with E-state index in [1.165, 1.54) is 0 Å². The first kappa shape index (κ1) is 10.2. The van der Waals surface area contributed by atoms with Crippen LogP contribution in [-0.2, 0) is 11.3 Å². The van der Waals surface area contributed by atoms with E-state index in [9.17, 15) is 4.79 Å². The van der Waals surface area contributed by atoms with Gasteiger partial charge in [-0.15, -0.1) is 0 Å². The van der Waals surface area contributed by atoms with Gasteiger partial charge in [0.05, 0.1) is 6.54 Å². The average molecular weight is 207 g/mol. The maximum Gasteiger partial charge on any atom is 0.220 e. The van der Waals surface area contributed by atoms with Crippen LogP contribution in [0.3, 0.4) is 0 Å². The lowest BCUT2D eigenvalue weighted by molar-refractivity contribution is -0.122. The van der Waals surface area contributed by atoms with Gasteiger partial charge in [-0.25, -0.2) is 0 Å². The van der Waals surface area contributed by atoms with Gasteiger partial charge in [-0.1, -0.05) is 0 Å². The molecular weight excluding hydrogens is 190 g/mol. The Labute approximate surface area is 89.5 Å². The van der Waals surface area contributed by atoms with Crippen LogP contribution in [-0.4, -0.2) is 24.0 Å². The summed E-state index contributed by atoms with van der Waals surface area (Å²) in [5.41, 5.74) is 1.05. The molecule has 1 saturated heterocycles. The fraction of sp³-hybridized carbons (Fsp3) is 0.545. The van der Waals surface area contributed by atoms with E-state index in [0.717, 1.165) is 25.2 Å². The number of carbonyl (C=O) groups excluding carboxylic acids is 1. The summed E-state index contributed by atoms with van der Waals surface area (Å²) in [6, 6.07) is 3.90. The van der Waals surface area contributed by atoms with Crippen LogP contribution in [0.2, 0.25) is 0 Å². The minimum absolute atomic E-state index is 0.151. The Morgan fingerprint density at radius 3 is 3.20 bits per heavy atom. The third kappa shape index (κ3) is 3.09. The molecule has 0 aromatic carbocycles. The maximum absolute atomic E-state index is 11.5. The van der Waals surface area contributed by atoms with Crippen molar-refractivity contribution in [2.24, 2.45) is 5.92 Å². The number of aromatic nitrogens is 1. The van der Waals surface area contributed by atoms with Crippen molar-refractivity contribution >= 4 is 5.91 Å². The fourth-order valence-electron chi connectivity index (χ4n) is 1.89. The molecule has 1 aromatic rings. The predicted octanol–water partition coefficient (Wildman–Crippen LogP) is 0.630. The number of hydrogen-bond acceptors (Lipinski definition) is 2. The number of carbonyl (C=O) groups is 1. The summed E-state index contributed by atoms with van der Waals surface area (Å²) >= 11 is 0. The second kappa shape index (κ2) is 4.98. The van der Waals surface area contributed by atoms with Crippen molar-refractivity contribution in [3.8, 4) is 0 Å². The maximum atomic E-state index is 11.5. The number of H-pyrrole nitrogens is 1. The van der Waals surface area contributed by atoms with E-state index in [-0.39, 0.29) is 5.91 Å². The van der Waals surface area contributed by atoms with Gasteiger partial charge in [0.25, 0.3) is 0 Å². The van der Waals surface area contributed by atoms with E-state index in [2.05, 4.69) is 15.6 Å². The first-order valence-electron chi connectivity index (χ1n) is 5.44. The van der Waals surface area contributed by atoms with E-state index >= 15 is 0 Å². The van der Waals surface area contributed by atoms with Gasteiger partial charge >= 0.3 is 0 Å². The Morgan fingerprint density at radius 2 is 2.53 bits per heavy atom. The number of amides is 1. The lowest BCUT2D eigenvalue weighted by Crippen LogP contribution is -2.25. The summed E-state index contributed by atoms with van der Waals surface area (Å²) in [5, 5.41) is 6.18. The van der Waals surface area contributed by atoms with Gasteiger partial charge in [-0.05, 0) is 37.6 Å². The normalized spacial score (nSPS) is 20.4. The molecule has 0 radical (unpaired) electrons. The molecule has 15 heavy (non-hydrogen) atoms. The molecule has 4 nitrogen and oxygen atoms in total. The van der Waals surface area contributed by atoms with Crippen LogP contribution in [0.25, 0.3) is 0 Å². The number of rotatable bonds is 4. The molecule has 0 bridgehead atoms. The fourth-order valence-corrected chi connectivity index (χ4v) is 1.89. The number of aromatic amines is 1. The van der Waals surface area contributed by atoms with Crippen LogP contribution in [0, 0.1) is 5.92 Å². The highest BCUT2D eigenvalue weighted by atomic mass is 16.1. The van der Waals surface area contributed by atoms with Gasteiger partial charge in [-0.2, -0.15) is 0 Å². The Bertz CT molecular complexity index is 302. The van der Waals surface area contributed by atoms with Crippen molar-refractivity contribution in [2.45, 2.75) is 19.4 Å². The highest BCUT2D eigenvalue weighted by Gasteiger charge is 2.17. The minimum Gasteiger partial charge on any atom is -0.364 e. The molecule has 1 unspecified atom stereocenters. The Morgan fingerprint density at radius 1 is 1.60 bits per heavy atom. The molecule has 3 N–H and O–H groups in total. The molecule has 1 aliphatic heterocycles. The number of nitrogens with one attached hydrogen (secondary N) is 3. The summed E-state index contributed by atoms with van der Waals surface area (Å²) in [7, 11) is 0. The Hall–Kier alpha value is -1.29. The zero-order chi connectivity index (χ0) is 10.5. The Balaban J connectivity index is 1.68. The molecule has 2 heterocycles. The van der Waals surface area contributed by atoms with Crippen LogP contribution in [0.4, 0.5) is 0 Å². The van der Waals surface area contributed by atoms with Gasteiger partial charge in [0, 0.05) is 18.3 Å². The van der Waals surface area contributed by atoms with Crippen molar-refractivity contribution < 1.29 is 4.79 Å². The van der Waals surface area contributed by atoms with Crippen LogP contribution < -0.4 is 10.6 Å². The van der Waals surface area contributed by atoms with E-state index in [0.29, 0.717) is 18.9 Å². The summed E-state index contributed by atoms with van der Waals surface area (Å²) in [6.07, 6.45) is 3.63. The van der Waals surface area contributed by atoms with Crippen LogP contribution in [0.1, 0.15) is 18.5 Å². The van der Waals surface area contributed by atoms with Crippen molar-refractivity contribution in [2.75, 3.05) is 13.1 Å². The van der Waals surface area contributed by atoms with Gasteiger partial charge in [0.15, 0.2) is 0 Å². The predicted molar refractivity (Wildman–Crippen MR) is 58.2 cm³/mol. The first-order chi connectivity index (χ1) is 7.34. The van der Waals surface area contributed by atoms with E-state index < -0.39 is 0 Å².